The van der Waals surface area contributed by atoms with Gasteiger partial charge in [-0.15, -0.1) is 0 Å². The minimum atomic E-state index is -0.967. The Labute approximate surface area is 232 Å². The first-order valence-electron chi connectivity index (χ1n) is 13.8. The fourth-order valence-corrected chi connectivity index (χ4v) is 6.24. The molecule has 3 heterocycles. The van der Waals surface area contributed by atoms with Crippen LogP contribution in [0.3, 0.4) is 0 Å². The van der Waals surface area contributed by atoms with Crippen molar-refractivity contribution < 1.29 is 14.7 Å². The highest BCUT2D eigenvalue weighted by Crippen LogP contribution is 2.50. The maximum Gasteiger partial charge on any atom is 0.335 e. The van der Waals surface area contributed by atoms with Crippen LogP contribution in [0.2, 0.25) is 0 Å². The molecule has 1 spiro atoms. The van der Waals surface area contributed by atoms with Gasteiger partial charge in [0, 0.05) is 47.7 Å². The van der Waals surface area contributed by atoms with Crippen molar-refractivity contribution in [2.24, 2.45) is 5.41 Å². The zero-order valence-corrected chi connectivity index (χ0v) is 22.1. The maximum atomic E-state index is 13.6. The van der Waals surface area contributed by atoms with E-state index >= 15 is 0 Å². The van der Waals surface area contributed by atoms with Gasteiger partial charge in [0.15, 0.2) is 0 Å². The third kappa shape index (κ3) is 4.28. The van der Waals surface area contributed by atoms with Crippen LogP contribution in [-0.4, -0.2) is 39.6 Å². The Morgan fingerprint density at radius 2 is 1.73 bits per heavy atom. The molecule has 1 saturated heterocycles. The predicted octanol–water partition coefficient (Wildman–Crippen LogP) is 5.86. The molecule has 0 radical (unpaired) electrons. The summed E-state index contributed by atoms with van der Waals surface area (Å²) in [6.45, 7) is 3.02. The monoisotopic (exact) mass is 530 g/mol. The number of carbonyl (C=O) groups is 2. The molecule has 0 atom stereocenters. The number of aromatic nitrogens is 2. The van der Waals surface area contributed by atoms with E-state index in [2.05, 4.69) is 45.2 Å². The van der Waals surface area contributed by atoms with Crippen LogP contribution in [-0.2, 0) is 13.1 Å². The topological polar surface area (TPSA) is 87.5 Å². The lowest BCUT2D eigenvalue weighted by Crippen LogP contribution is -2.59. The van der Waals surface area contributed by atoms with E-state index in [1.807, 2.05) is 30.3 Å². The second kappa shape index (κ2) is 9.52. The standard InChI is InChI=1S/C33H30N4O3/c38-31(34-18-22-6-8-24(9-7-22)32(39)40)27-12-13-29(37-20-33(21-37)15-3-16-33)26-14-17-36(30(26)27)19-25-11-10-23-4-1-2-5-28(23)35-25/h1-2,4-14,17H,3,15-16,18-21H2,(H,34,38)(H,39,40). The number of amides is 1. The fourth-order valence-electron chi connectivity index (χ4n) is 6.24. The second-order valence-electron chi connectivity index (χ2n) is 11.2. The molecule has 7 nitrogen and oxygen atoms in total. The molecule has 2 aliphatic rings. The van der Waals surface area contributed by atoms with Crippen molar-refractivity contribution in [3.05, 3.63) is 107 Å². The van der Waals surface area contributed by atoms with Gasteiger partial charge in [-0.3, -0.25) is 9.78 Å². The first kappa shape index (κ1) is 24.4. The number of aromatic carboxylic acids is 1. The number of hydrogen-bond acceptors (Lipinski definition) is 4. The Morgan fingerprint density at radius 3 is 2.48 bits per heavy atom. The molecule has 5 aromatic rings. The summed E-state index contributed by atoms with van der Waals surface area (Å²) >= 11 is 0. The van der Waals surface area contributed by atoms with E-state index in [4.69, 9.17) is 10.1 Å². The van der Waals surface area contributed by atoms with Crippen molar-refractivity contribution in [3.8, 4) is 0 Å². The number of pyridine rings is 1. The Morgan fingerprint density at radius 1 is 0.925 bits per heavy atom. The minimum absolute atomic E-state index is 0.163. The third-order valence-electron chi connectivity index (χ3n) is 8.60. The zero-order valence-electron chi connectivity index (χ0n) is 22.1. The molecule has 3 aromatic carbocycles. The molecule has 7 heteroatoms. The van der Waals surface area contributed by atoms with Gasteiger partial charge in [-0.05, 0) is 60.9 Å². The van der Waals surface area contributed by atoms with Gasteiger partial charge < -0.3 is 19.9 Å². The zero-order chi connectivity index (χ0) is 27.3. The maximum absolute atomic E-state index is 13.6. The van der Waals surface area contributed by atoms with Crippen LogP contribution >= 0.6 is 0 Å². The smallest absolute Gasteiger partial charge is 0.335 e. The van der Waals surface area contributed by atoms with E-state index in [-0.39, 0.29) is 11.5 Å². The number of nitrogens with one attached hydrogen (secondary N) is 1. The number of carboxylic acid groups (broad SMARTS) is 1. The van der Waals surface area contributed by atoms with Crippen molar-refractivity contribution in [2.45, 2.75) is 32.4 Å². The summed E-state index contributed by atoms with van der Waals surface area (Å²) < 4.78 is 2.13. The van der Waals surface area contributed by atoms with Gasteiger partial charge in [0.25, 0.3) is 5.91 Å². The summed E-state index contributed by atoms with van der Waals surface area (Å²) in [7, 11) is 0. The van der Waals surface area contributed by atoms with E-state index in [9.17, 15) is 9.59 Å². The summed E-state index contributed by atoms with van der Waals surface area (Å²) in [5.74, 6) is -1.13. The summed E-state index contributed by atoms with van der Waals surface area (Å²) in [5.41, 5.74) is 6.15. The van der Waals surface area contributed by atoms with Crippen LogP contribution in [0, 0.1) is 5.41 Å². The number of para-hydroxylation sites is 1. The average Bonchev–Trinajstić information content (AvgIpc) is 3.34. The lowest BCUT2D eigenvalue weighted by Gasteiger charge is -2.57. The van der Waals surface area contributed by atoms with Gasteiger partial charge in [0.1, 0.15) is 0 Å². The minimum Gasteiger partial charge on any atom is -0.478 e. The first-order valence-corrected chi connectivity index (χ1v) is 13.8. The number of carboxylic acids is 1. The summed E-state index contributed by atoms with van der Waals surface area (Å²) in [4.78, 5) is 32.1. The Bertz CT molecular complexity index is 1760. The molecule has 1 aliphatic carbocycles. The number of fused-ring (bicyclic) bond motifs is 2. The summed E-state index contributed by atoms with van der Waals surface area (Å²) in [6.07, 6.45) is 6.02. The van der Waals surface area contributed by atoms with Gasteiger partial charge in [0.05, 0.1) is 34.4 Å². The normalized spacial score (nSPS) is 15.7. The molecular weight excluding hydrogens is 500 g/mol. The van der Waals surface area contributed by atoms with E-state index in [0.717, 1.165) is 46.2 Å². The van der Waals surface area contributed by atoms with Crippen molar-refractivity contribution in [2.75, 3.05) is 18.0 Å². The fraction of sp³-hybridized carbons (Fsp3) is 0.242. The van der Waals surface area contributed by atoms with Crippen LogP contribution < -0.4 is 10.2 Å². The molecule has 2 fully saturated rings. The van der Waals surface area contributed by atoms with Crippen LogP contribution in [0.25, 0.3) is 21.8 Å². The Hall–Kier alpha value is -4.65. The van der Waals surface area contributed by atoms with Gasteiger partial charge in [0.2, 0.25) is 0 Å². The van der Waals surface area contributed by atoms with Crippen LogP contribution in [0.15, 0.2) is 85.1 Å². The van der Waals surface area contributed by atoms with E-state index in [1.165, 1.54) is 24.9 Å². The Kier molecular flexibility index (Phi) is 5.81. The van der Waals surface area contributed by atoms with Crippen LogP contribution in [0.5, 0.6) is 0 Å². The lowest BCUT2D eigenvalue weighted by molar-refractivity contribution is 0.0696. The lowest BCUT2D eigenvalue weighted by atomic mass is 9.63. The van der Waals surface area contributed by atoms with Crippen LogP contribution in [0.4, 0.5) is 5.69 Å². The SMILES string of the molecule is O=C(O)c1ccc(CNC(=O)c2ccc(N3CC4(CCC4)C3)c3ccn(Cc4ccc5ccccc5n4)c23)cc1. The van der Waals surface area contributed by atoms with Crippen LogP contribution in [0.1, 0.15) is 51.2 Å². The highest BCUT2D eigenvalue weighted by Gasteiger charge is 2.47. The van der Waals surface area contributed by atoms with E-state index < -0.39 is 5.97 Å². The summed E-state index contributed by atoms with van der Waals surface area (Å²) in [5, 5.41) is 14.4. The second-order valence-corrected chi connectivity index (χ2v) is 11.2. The van der Waals surface area contributed by atoms with Gasteiger partial charge in [-0.2, -0.15) is 0 Å². The van der Waals surface area contributed by atoms with E-state index in [0.29, 0.717) is 24.1 Å². The molecule has 1 amide bonds. The highest BCUT2D eigenvalue weighted by atomic mass is 16.4. The van der Waals surface area contributed by atoms with Gasteiger partial charge in [-0.1, -0.05) is 42.8 Å². The van der Waals surface area contributed by atoms with Crippen molar-refractivity contribution in [1.82, 2.24) is 14.9 Å². The Balaban J connectivity index is 1.21. The number of anilines is 1. The quantitative estimate of drug-likeness (QED) is 0.275. The molecule has 0 bridgehead atoms. The number of benzene rings is 3. The average molecular weight is 531 g/mol. The summed E-state index contributed by atoms with van der Waals surface area (Å²) in [6, 6.07) is 25.0. The number of carbonyl (C=O) groups excluding carboxylic acids is 1. The van der Waals surface area contributed by atoms with Crippen molar-refractivity contribution >= 4 is 39.4 Å². The molecular formula is C33H30N4O3. The highest BCUT2D eigenvalue weighted by molar-refractivity contribution is 6.09. The molecule has 0 unspecified atom stereocenters. The molecule has 7 rings (SSSR count). The third-order valence-corrected chi connectivity index (χ3v) is 8.60. The molecule has 1 saturated carbocycles. The largest absolute Gasteiger partial charge is 0.478 e. The number of hydrogen-bond donors (Lipinski definition) is 2. The number of rotatable bonds is 7. The molecule has 200 valence electrons. The molecule has 40 heavy (non-hydrogen) atoms. The molecule has 2 aromatic heterocycles. The van der Waals surface area contributed by atoms with Gasteiger partial charge in [-0.25, -0.2) is 4.79 Å². The first-order chi connectivity index (χ1) is 19.5. The van der Waals surface area contributed by atoms with Crippen molar-refractivity contribution in [3.63, 3.8) is 0 Å². The van der Waals surface area contributed by atoms with Crippen molar-refractivity contribution in [1.29, 1.82) is 0 Å². The van der Waals surface area contributed by atoms with E-state index in [1.54, 1.807) is 24.3 Å². The van der Waals surface area contributed by atoms with Gasteiger partial charge >= 0.3 is 5.97 Å². The molecule has 2 N–H and O–H groups in total. The number of nitrogens with zero attached hydrogens (tertiary/aromatic N) is 3. The molecule has 1 aliphatic heterocycles. The predicted molar refractivity (Wildman–Crippen MR) is 156 cm³/mol.